The zero-order chi connectivity index (χ0) is 18.8. The molecule has 6 nitrogen and oxygen atoms in total. The van der Waals surface area contributed by atoms with E-state index in [1.54, 1.807) is 6.07 Å². The molecule has 6 heteroatoms. The summed E-state index contributed by atoms with van der Waals surface area (Å²) in [4.78, 5) is 13.8. The highest BCUT2D eigenvalue weighted by Crippen LogP contribution is 2.22. The zero-order valence-corrected chi connectivity index (χ0v) is 15.7. The Labute approximate surface area is 158 Å². The fourth-order valence-corrected chi connectivity index (χ4v) is 3.90. The van der Waals surface area contributed by atoms with Crippen LogP contribution in [0.5, 0.6) is 0 Å². The van der Waals surface area contributed by atoms with Gasteiger partial charge in [-0.1, -0.05) is 35.0 Å². The van der Waals surface area contributed by atoms with E-state index in [2.05, 4.69) is 40.4 Å². The van der Waals surface area contributed by atoms with Crippen molar-refractivity contribution in [1.82, 2.24) is 9.72 Å². The molecule has 3 aromatic rings. The first-order valence-electron chi connectivity index (χ1n) is 9.39. The highest BCUT2D eigenvalue weighted by molar-refractivity contribution is 5.90. The number of hydrogen-bond donors (Lipinski definition) is 2. The maximum Gasteiger partial charge on any atom is 0.281 e. The summed E-state index contributed by atoms with van der Waals surface area (Å²) >= 11 is 0. The Hall–Kier alpha value is -2.86. The van der Waals surface area contributed by atoms with Crippen LogP contribution in [0.2, 0.25) is 0 Å². The number of benzene rings is 1. The Morgan fingerprint density at radius 1 is 1.33 bits per heavy atom. The summed E-state index contributed by atoms with van der Waals surface area (Å²) in [6, 6.07) is 14.4. The van der Waals surface area contributed by atoms with E-state index in [0.717, 1.165) is 30.6 Å². The molecule has 1 amide bonds. The molecule has 2 aromatic heterocycles. The number of aromatic nitrogens is 2. The van der Waals surface area contributed by atoms with Crippen molar-refractivity contribution in [3.05, 3.63) is 59.9 Å². The molecular weight excluding hydrogens is 340 g/mol. The number of aryl methyl sites for hydroxylation is 2. The summed E-state index contributed by atoms with van der Waals surface area (Å²) in [5.74, 6) is 0.349. The van der Waals surface area contributed by atoms with Crippen molar-refractivity contribution in [3.63, 3.8) is 0 Å². The molecule has 0 spiro atoms. The average molecular weight is 365 g/mol. The van der Waals surface area contributed by atoms with Gasteiger partial charge in [-0.15, -0.1) is 0 Å². The molecule has 0 radical (unpaired) electrons. The van der Waals surface area contributed by atoms with E-state index in [-0.39, 0.29) is 5.91 Å². The number of quaternary nitrogens is 1. The number of carbonyl (C=O) groups excluding carboxylic acids is 1. The summed E-state index contributed by atoms with van der Waals surface area (Å²) in [5, 5.41) is 6.92. The molecule has 2 N–H and O–H groups in total. The maximum absolute atomic E-state index is 12.5. The zero-order valence-electron chi connectivity index (χ0n) is 15.7. The molecule has 140 valence electrons. The summed E-state index contributed by atoms with van der Waals surface area (Å²) in [5.41, 5.74) is 4.17. The molecule has 1 fully saturated rings. The molecule has 0 aliphatic carbocycles. The minimum absolute atomic E-state index is 0.0438. The second-order valence-corrected chi connectivity index (χ2v) is 7.31. The molecule has 4 rings (SSSR count). The van der Waals surface area contributed by atoms with Gasteiger partial charge in [0.15, 0.2) is 6.54 Å². The number of amides is 1. The van der Waals surface area contributed by atoms with Crippen LogP contribution in [0.1, 0.15) is 30.1 Å². The highest BCUT2D eigenvalue weighted by Gasteiger charge is 2.33. The van der Waals surface area contributed by atoms with E-state index < -0.39 is 0 Å². The van der Waals surface area contributed by atoms with Gasteiger partial charge in [0.05, 0.1) is 12.2 Å². The Morgan fingerprint density at radius 3 is 2.89 bits per heavy atom. The predicted molar refractivity (Wildman–Crippen MR) is 103 cm³/mol. The molecule has 3 heterocycles. The number of likely N-dealkylation sites (tertiary alicyclic amines) is 1. The standard InChI is InChI=1S/C21H24N4O2/c1-15-7-9-16(10-8-15)17-13-21(27-23-17)22-20(26)14-25-12-4-6-19(25)18-5-3-11-24(18)2/h3,5,7-11,13,19H,4,6,12,14H2,1-2H3,(H,22,26)/p+1/t19-/m0/s1. The van der Waals surface area contributed by atoms with Gasteiger partial charge in [-0.25, -0.2) is 0 Å². The van der Waals surface area contributed by atoms with E-state index in [1.165, 1.54) is 16.2 Å². The Bertz CT molecular complexity index is 926. The second-order valence-electron chi connectivity index (χ2n) is 7.31. The van der Waals surface area contributed by atoms with Crippen molar-refractivity contribution in [1.29, 1.82) is 0 Å². The monoisotopic (exact) mass is 365 g/mol. The molecule has 2 atom stereocenters. The van der Waals surface area contributed by atoms with Crippen molar-refractivity contribution in [3.8, 4) is 11.3 Å². The van der Waals surface area contributed by atoms with Crippen molar-refractivity contribution in [2.45, 2.75) is 25.8 Å². The van der Waals surface area contributed by atoms with Crippen LogP contribution in [0.15, 0.2) is 53.2 Å². The van der Waals surface area contributed by atoms with Gasteiger partial charge in [-0.3, -0.25) is 10.1 Å². The molecule has 27 heavy (non-hydrogen) atoms. The maximum atomic E-state index is 12.5. The van der Waals surface area contributed by atoms with Gasteiger partial charge < -0.3 is 14.0 Å². The van der Waals surface area contributed by atoms with Crippen molar-refractivity contribution in [2.75, 3.05) is 18.4 Å². The van der Waals surface area contributed by atoms with Gasteiger partial charge in [-0.05, 0) is 19.1 Å². The van der Waals surface area contributed by atoms with Crippen LogP contribution >= 0.6 is 0 Å². The summed E-state index contributed by atoms with van der Waals surface area (Å²) in [6.45, 7) is 3.48. The molecule has 1 unspecified atom stereocenters. The predicted octanol–water partition coefficient (Wildman–Crippen LogP) is 2.35. The van der Waals surface area contributed by atoms with Gasteiger partial charge >= 0.3 is 0 Å². The number of nitrogens with zero attached hydrogens (tertiary/aromatic N) is 2. The minimum atomic E-state index is -0.0438. The molecule has 1 aliphatic heterocycles. The fourth-order valence-electron chi connectivity index (χ4n) is 3.90. The number of anilines is 1. The average Bonchev–Trinajstić information content (AvgIpc) is 3.37. The first-order valence-corrected chi connectivity index (χ1v) is 9.39. The second kappa shape index (κ2) is 7.40. The van der Waals surface area contributed by atoms with E-state index in [1.807, 2.05) is 31.2 Å². The minimum Gasteiger partial charge on any atom is -0.350 e. The largest absolute Gasteiger partial charge is 0.350 e. The lowest BCUT2D eigenvalue weighted by molar-refractivity contribution is -0.910. The van der Waals surface area contributed by atoms with Gasteiger partial charge in [0, 0.05) is 37.7 Å². The van der Waals surface area contributed by atoms with Gasteiger partial charge in [0.25, 0.3) is 5.91 Å². The van der Waals surface area contributed by atoms with Crippen molar-refractivity contribution in [2.24, 2.45) is 7.05 Å². The Morgan fingerprint density at radius 2 is 2.15 bits per heavy atom. The topological polar surface area (TPSA) is 64.5 Å². The van der Waals surface area contributed by atoms with Crippen LogP contribution < -0.4 is 10.2 Å². The quantitative estimate of drug-likeness (QED) is 0.729. The molecule has 1 aliphatic rings. The third kappa shape index (κ3) is 3.80. The van der Waals surface area contributed by atoms with Crippen LogP contribution in [0.25, 0.3) is 11.3 Å². The Kier molecular flexibility index (Phi) is 4.81. The van der Waals surface area contributed by atoms with Crippen LogP contribution in [0.4, 0.5) is 5.88 Å². The summed E-state index contributed by atoms with van der Waals surface area (Å²) in [7, 11) is 2.06. The molecule has 1 saturated heterocycles. The first kappa shape index (κ1) is 17.5. The number of nitrogens with one attached hydrogen (secondary N) is 2. The van der Waals surface area contributed by atoms with Crippen LogP contribution in [0, 0.1) is 6.92 Å². The molecule has 0 saturated carbocycles. The lowest BCUT2D eigenvalue weighted by Gasteiger charge is -2.21. The van der Waals surface area contributed by atoms with Crippen LogP contribution in [0.3, 0.4) is 0 Å². The Balaban J connectivity index is 1.39. The SMILES string of the molecule is Cc1ccc(-c2cc(NC(=O)C[NH+]3CCC[C@H]3c3cccn3C)on2)cc1. The highest BCUT2D eigenvalue weighted by atomic mass is 16.5. The smallest absolute Gasteiger partial charge is 0.281 e. The molecule has 0 bridgehead atoms. The normalized spacial score (nSPS) is 19.3. The lowest BCUT2D eigenvalue weighted by Crippen LogP contribution is -3.11. The lowest BCUT2D eigenvalue weighted by atomic mass is 10.1. The van der Waals surface area contributed by atoms with Crippen molar-refractivity contribution < 1.29 is 14.2 Å². The van der Waals surface area contributed by atoms with E-state index >= 15 is 0 Å². The van der Waals surface area contributed by atoms with Gasteiger partial charge in [0.1, 0.15) is 11.7 Å². The van der Waals surface area contributed by atoms with Crippen LogP contribution in [-0.4, -0.2) is 28.7 Å². The fraction of sp³-hybridized carbons (Fsp3) is 0.333. The number of rotatable bonds is 5. The van der Waals surface area contributed by atoms with Gasteiger partial charge in [0.2, 0.25) is 5.88 Å². The van der Waals surface area contributed by atoms with Gasteiger partial charge in [-0.2, -0.15) is 0 Å². The van der Waals surface area contributed by atoms with E-state index in [4.69, 9.17) is 4.52 Å². The van der Waals surface area contributed by atoms with E-state index in [0.29, 0.717) is 18.5 Å². The third-order valence-corrected chi connectivity index (χ3v) is 5.33. The van der Waals surface area contributed by atoms with Crippen molar-refractivity contribution >= 4 is 11.8 Å². The van der Waals surface area contributed by atoms with Crippen LogP contribution in [-0.2, 0) is 11.8 Å². The summed E-state index contributed by atoms with van der Waals surface area (Å²) < 4.78 is 7.46. The number of hydrogen-bond acceptors (Lipinski definition) is 3. The number of carbonyl (C=O) groups is 1. The summed E-state index contributed by atoms with van der Waals surface area (Å²) in [6.07, 6.45) is 4.31. The first-order chi connectivity index (χ1) is 13.1. The van der Waals surface area contributed by atoms with E-state index in [9.17, 15) is 4.79 Å². The third-order valence-electron chi connectivity index (χ3n) is 5.33. The molecule has 1 aromatic carbocycles. The molecular formula is C21H25N4O2+.